The van der Waals surface area contributed by atoms with E-state index < -0.39 is 0 Å². The number of rotatable bonds is 5. The smallest absolute Gasteiger partial charge is 0.233 e. The van der Waals surface area contributed by atoms with Gasteiger partial charge in [-0.25, -0.2) is 0 Å². The minimum absolute atomic E-state index is 0.00997. The Kier molecular flexibility index (Phi) is 6.01. The van der Waals surface area contributed by atoms with Crippen molar-refractivity contribution in [1.29, 1.82) is 0 Å². The topological polar surface area (TPSA) is 178 Å². The molecule has 4 rings (SSSR count). The molecule has 0 spiro atoms. The summed E-state index contributed by atoms with van der Waals surface area (Å²) < 4.78 is 0. The highest BCUT2D eigenvalue weighted by atomic mass is 16.1. The Bertz CT molecular complexity index is 916. The van der Waals surface area contributed by atoms with Crippen LogP contribution in [0.15, 0.2) is 24.3 Å². The number of nitrogens with one attached hydrogen (secondary N) is 1. The first kappa shape index (κ1) is 21.4. The minimum atomic E-state index is -0.146. The highest BCUT2D eigenvalue weighted by molar-refractivity contribution is 5.94. The Morgan fingerprint density at radius 3 is 1.90 bits per heavy atom. The molecule has 2 aliphatic rings. The van der Waals surface area contributed by atoms with E-state index in [1.54, 1.807) is 12.1 Å². The van der Waals surface area contributed by atoms with Crippen LogP contribution in [0, 0.1) is 0 Å². The van der Waals surface area contributed by atoms with E-state index in [0.29, 0.717) is 49.6 Å². The molecule has 1 aromatic carbocycles. The molecule has 11 nitrogen and oxygen atoms in total. The summed E-state index contributed by atoms with van der Waals surface area (Å²) in [5.74, 6) is 1.41. The molecule has 2 aliphatic heterocycles. The monoisotopic (exact) mass is 426 g/mol. The molecule has 4 atom stereocenters. The number of Topliss-reactive ketones (excluding diaryl/α,β-unsaturated/α-hetero) is 1. The second-order valence-corrected chi connectivity index (χ2v) is 8.41. The number of benzene rings is 1. The molecule has 9 N–H and O–H groups in total. The van der Waals surface area contributed by atoms with Crippen molar-refractivity contribution < 1.29 is 4.79 Å². The number of carbonyl (C=O) groups excluding carboxylic acids is 1. The fourth-order valence-electron chi connectivity index (χ4n) is 3.97. The van der Waals surface area contributed by atoms with Gasteiger partial charge in [0.15, 0.2) is 5.78 Å². The highest BCUT2D eigenvalue weighted by Gasteiger charge is 2.31. The van der Waals surface area contributed by atoms with Crippen molar-refractivity contribution in [1.82, 2.24) is 15.0 Å². The summed E-state index contributed by atoms with van der Waals surface area (Å²) in [6, 6.07) is 6.76. The molecule has 0 amide bonds. The van der Waals surface area contributed by atoms with E-state index in [-0.39, 0.29) is 30.0 Å². The number of piperidine rings is 1. The number of carbonyl (C=O) groups is 1. The first-order chi connectivity index (χ1) is 14.8. The summed E-state index contributed by atoms with van der Waals surface area (Å²) in [5, 5.41) is 3.21. The van der Waals surface area contributed by atoms with Gasteiger partial charge in [-0.3, -0.25) is 4.79 Å². The Balaban J connectivity index is 1.64. The van der Waals surface area contributed by atoms with Crippen LogP contribution in [-0.2, 0) is 0 Å². The Morgan fingerprint density at radius 2 is 1.39 bits per heavy atom. The zero-order valence-corrected chi connectivity index (χ0v) is 17.6. The molecule has 2 aromatic rings. The van der Waals surface area contributed by atoms with Gasteiger partial charge in [0.1, 0.15) is 0 Å². The van der Waals surface area contributed by atoms with Crippen molar-refractivity contribution in [3.8, 4) is 0 Å². The maximum absolute atomic E-state index is 11.5. The lowest BCUT2D eigenvalue weighted by atomic mass is 10.0. The molecule has 0 bridgehead atoms. The molecule has 2 saturated heterocycles. The molecule has 1 aromatic heterocycles. The molecule has 0 saturated carbocycles. The first-order valence-corrected chi connectivity index (χ1v) is 10.4. The van der Waals surface area contributed by atoms with E-state index in [1.807, 2.05) is 21.9 Å². The molecular weight excluding hydrogens is 396 g/mol. The predicted octanol–water partition coefficient (Wildman–Crippen LogP) is -0.843. The number of hydrogen-bond donors (Lipinski definition) is 5. The summed E-state index contributed by atoms with van der Waals surface area (Å²) in [7, 11) is 0. The van der Waals surface area contributed by atoms with Crippen LogP contribution in [0.5, 0.6) is 0 Å². The van der Waals surface area contributed by atoms with Crippen LogP contribution >= 0.6 is 0 Å². The number of nitrogens with zero attached hydrogens (tertiary/aromatic N) is 5. The van der Waals surface area contributed by atoms with Gasteiger partial charge in [-0.1, -0.05) is 0 Å². The summed E-state index contributed by atoms with van der Waals surface area (Å²) in [6.07, 6.45) is 0.762. The zero-order chi connectivity index (χ0) is 22.1. The number of hydrogen-bond acceptors (Lipinski definition) is 11. The van der Waals surface area contributed by atoms with Gasteiger partial charge in [-0.15, -0.1) is 0 Å². The Labute approximate surface area is 181 Å². The largest absolute Gasteiger partial charge is 0.338 e. The van der Waals surface area contributed by atoms with Gasteiger partial charge in [0.2, 0.25) is 17.8 Å². The maximum atomic E-state index is 11.5. The van der Waals surface area contributed by atoms with Crippen LogP contribution in [0.3, 0.4) is 0 Å². The molecular formula is C20H30N10O. The Morgan fingerprint density at radius 1 is 0.871 bits per heavy atom. The summed E-state index contributed by atoms with van der Waals surface area (Å²) in [4.78, 5) is 29.4. The van der Waals surface area contributed by atoms with Crippen molar-refractivity contribution in [2.24, 2.45) is 22.9 Å². The average Bonchev–Trinajstić information content (AvgIpc) is 3.06. The average molecular weight is 427 g/mol. The third-order valence-corrected chi connectivity index (χ3v) is 5.65. The van der Waals surface area contributed by atoms with Gasteiger partial charge >= 0.3 is 0 Å². The summed E-state index contributed by atoms with van der Waals surface area (Å²) in [5.41, 5.74) is 25.9. The molecule has 2 fully saturated rings. The van der Waals surface area contributed by atoms with Gasteiger partial charge in [0.25, 0.3) is 0 Å². The third-order valence-electron chi connectivity index (χ3n) is 5.65. The quantitative estimate of drug-likeness (QED) is 0.376. The van der Waals surface area contributed by atoms with E-state index >= 15 is 0 Å². The zero-order valence-electron chi connectivity index (χ0n) is 17.6. The number of anilines is 4. The van der Waals surface area contributed by atoms with Gasteiger partial charge in [0, 0.05) is 61.6 Å². The second-order valence-electron chi connectivity index (χ2n) is 8.41. The van der Waals surface area contributed by atoms with E-state index in [9.17, 15) is 4.79 Å². The standard InChI is InChI=1S/C20H30N10O/c1-11(31)12-2-4-15(5-3-12)25-18-26-19(29-7-13(21)6-14(22)8-29)28-20(27-18)30-9-16(23)17(24)10-30/h2-5,13-14,16-17H,6-10,21-24H2,1H3,(H,25,26,27,28)/t13-,14+,16-,17+. The second kappa shape index (κ2) is 8.71. The van der Waals surface area contributed by atoms with Crippen molar-refractivity contribution >= 4 is 29.3 Å². The minimum Gasteiger partial charge on any atom is -0.338 e. The Hall–Kier alpha value is -2.86. The first-order valence-electron chi connectivity index (χ1n) is 10.4. The van der Waals surface area contributed by atoms with Gasteiger partial charge < -0.3 is 38.1 Å². The lowest BCUT2D eigenvalue weighted by Crippen LogP contribution is -2.53. The van der Waals surface area contributed by atoms with E-state index in [1.165, 1.54) is 6.92 Å². The van der Waals surface area contributed by atoms with Crippen molar-refractivity contribution in [2.75, 3.05) is 41.3 Å². The van der Waals surface area contributed by atoms with E-state index in [0.717, 1.165) is 12.1 Å². The summed E-state index contributed by atoms with van der Waals surface area (Å²) >= 11 is 0. The fraction of sp³-hybridized carbons (Fsp3) is 0.500. The lowest BCUT2D eigenvalue weighted by Gasteiger charge is -2.35. The third kappa shape index (κ3) is 4.90. The van der Waals surface area contributed by atoms with Crippen LogP contribution in [0.25, 0.3) is 0 Å². The molecule has 0 radical (unpaired) electrons. The SMILES string of the molecule is CC(=O)c1ccc(Nc2nc(N3C[C@H](N)C[C@H](N)C3)nc(N3C[C@@H](N)[C@@H](N)C3)n2)cc1. The van der Waals surface area contributed by atoms with Gasteiger partial charge in [-0.05, 0) is 37.6 Å². The molecule has 0 aliphatic carbocycles. The van der Waals surface area contributed by atoms with Crippen LogP contribution in [-0.4, -0.2) is 71.1 Å². The molecule has 31 heavy (non-hydrogen) atoms. The predicted molar refractivity (Wildman–Crippen MR) is 121 cm³/mol. The van der Waals surface area contributed by atoms with E-state index in [4.69, 9.17) is 22.9 Å². The summed E-state index contributed by atoms with van der Waals surface area (Å²) in [6.45, 7) is 3.89. The van der Waals surface area contributed by atoms with Crippen LogP contribution in [0.2, 0.25) is 0 Å². The number of ketones is 1. The lowest BCUT2D eigenvalue weighted by molar-refractivity contribution is 0.101. The van der Waals surface area contributed by atoms with Crippen molar-refractivity contribution in [3.63, 3.8) is 0 Å². The molecule has 3 heterocycles. The van der Waals surface area contributed by atoms with Crippen LogP contribution in [0.4, 0.5) is 23.5 Å². The molecule has 0 unspecified atom stereocenters. The van der Waals surface area contributed by atoms with Gasteiger partial charge in [0.05, 0.1) is 0 Å². The van der Waals surface area contributed by atoms with Gasteiger partial charge in [-0.2, -0.15) is 15.0 Å². The molecule has 11 heteroatoms. The number of aromatic nitrogens is 3. The van der Waals surface area contributed by atoms with Crippen molar-refractivity contribution in [2.45, 2.75) is 37.5 Å². The normalized spacial score (nSPS) is 26.2. The van der Waals surface area contributed by atoms with Crippen molar-refractivity contribution in [3.05, 3.63) is 29.8 Å². The maximum Gasteiger partial charge on any atom is 0.233 e. The van der Waals surface area contributed by atoms with E-state index in [2.05, 4.69) is 20.3 Å². The van der Waals surface area contributed by atoms with Crippen LogP contribution in [0.1, 0.15) is 23.7 Å². The van der Waals surface area contributed by atoms with Crippen LogP contribution < -0.4 is 38.1 Å². The highest BCUT2D eigenvalue weighted by Crippen LogP contribution is 2.24. The molecule has 166 valence electrons. The fourth-order valence-corrected chi connectivity index (χ4v) is 3.97. The number of nitrogens with two attached hydrogens (primary N) is 4.